The molecule has 1 atom stereocenters. The molecule has 1 aromatic rings. The van der Waals surface area contributed by atoms with Crippen molar-refractivity contribution in [3.8, 4) is 0 Å². The van der Waals surface area contributed by atoms with E-state index in [2.05, 4.69) is 24.4 Å². The van der Waals surface area contributed by atoms with Gasteiger partial charge >= 0.3 is 5.97 Å². The fourth-order valence-electron chi connectivity index (χ4n) is 2.72. The van der Waals surface area contributed by atoms with Crippen LogP contribution in [0.1, 0.15) is 56.6 Å². The van der Waals surface area contributed by atoms with Gasteiger partial charge in [0, 0.05) is 6.42 Å². The molecule has 1 unspecified atom stereocenters. The van der Waals surface area contributed by atoms with Crippen molar-refractivity contribution in [3.63, 3.8) is 0 Å². The van der Waals surface area contributed by atoms with E-state index >= 15 is 0 Å². The van der Waals surface area contributed by atoms with Crippen LogP contribution in [-0.2, 0) is 16.0 Å². The number of carboxylic acid groups (broad SMARTS) is 1. The van der Waals surface area contributed by atoms with Gasteiger partial charge in [-0.25, -0.2) is 4.79 Å². The van der Waals surface area contributed by atoms with Crippen molar-refractivity contribution in [1.82, 2.24) is 5.32 Å². The molecular formula is C17H23NO3. The molecule has 1 aromatic carbocycles. The number of carbonyl (C=O) groups excluding carboxylic acids is 1. The summed E-state index contributed by atoms with van der Waals surface area (Å²) in [5, 5.41) is 11.9. The van der Waals surface area contributed by atoms with Crippen LogP contribution in [0.4, 0.5) is 0 Å². The van der Waals surface area contributed by atoms with Crippen LogP contribution >= 0.6 is 0 Å². The largest absolute Gasteiger partial charge is 0.480 e. The fraction of sp³-hybridized carbons (Fsp3) is 0.529. The molecule has 0 aromatic heterocycles. The van der Waals surface area contributed by atoms with E-state index in [0.29, 0.717) is 19.3 Å². The highest BCUT2D eigenvalue weighted by Crippen LogP contribution is 2.32. The summed E-state index contributed by atoms with van der Waals surface area (Å²) in [5.74, 6) is -1.01. The van der Waals surface area contributed by atoms with Crippen LogP contribution in [0.15, 0.2) is 24.3 Å². The van der Waals surface area contributed by atoms with Crippen molar-refractivity contribution in [1.29, 1.82) is 0 Å². The molecule has 0 bridgehead atoms. The number of carboxylic acids is 1. The molecule has 0 aliphatic heterocycles. The Morgan fingerprint density at radius 2 is 1.90 bits per heavy atom. The Balaban J connectivity index is 1.93. The van der Waals surface area contributed by atoms with Crippen LogP contribution in [0.3, 0.4) is 0 Å². The lowest BCUT2D eigenvalue weighted by Gasteiger charge is -2.38. The minimum atomic E-state index is -1.01. The zero-order valence-electron chi connectivity index (χ0n) is 12.7. The van der Waals surface area contributed by atoms with Crippen LogP contribution in [0, 0.1) is 0 Å². The third kappa shape index (κ3) is 3.43. The quantitative estimate of drug-likeness (QED) is 0.846. The highest BCUT2D eigenvalue weighted by molar-refractivity contribution is 5.88. The zero-order valence-corrected chi connectivity index (χ0v) is 12.7. The first-order valence-electron chi connectivity index (χ1n) is 7.60. The summed E-state index contributed by atoms with van der Waals surface area (Å²) in [6, 6.07) is 8.25. The lowest BCUT2D eigenvalue weighted by molar-refractivity contribution is -0.151. The molecule has 1 saturated carbocycles. The van der Waals surface area contributed by atoms with Gasteiger partial charge in [0.1, 0.15) is 5.54 Å². The summed E-state index contributed by atoms with van der Waals surface area (Å²) in [6.45, 7) is 4.10. The van der Waals surface area contributed by atoms with Crippen LogP contribution in [0.2, 0.25) is 0 Å². The van der Waals surface area contributed by atoms with E-state index in [-0.39, 0.29) is 11.8 Å². The van der Waals surface area contributed by atoms with Crippen LogP contribution in [0.5, 0.6) is 0 Å². The van der Waals surface area contributed by atoms with E-state index in [1.165, 1.54) is 5.56 Å². The standard InChI is InChI=1S/C17H23NO3/c1-3-13-5-7-14(8-6-13)12(2)11-15(19)18-17(16(20)21)9-4-10-17/h5-8,12H,3-4,9-11H2,1-2H3,(H,18,19)(H,20,21). The lowest BCUT2D eigenvalue weighted by atomic mass is 9.76. The summed E-state index contributed by atoms with van der Waals surface area (Å²) in [6.07, 6.45) is 3.25. The Morgan fingerprint density at radius 1 is 1.29 bits per heavy atom. The summed E-state index contributed by atoms with van der Waals surface area (Å²) < 4.78 is 0. The second-order valence-electron chi connectivity index (χ2n) is 5.99. The van der Waals surface area contributed by atoms with Gasteiger partial charge in [0.15, 0.2) is 0 Å². The molecule has 0 spiro atoms. The summed E-state index contributed by atoms with van der Waals surface area (Å²) in [4.78, 5) is 23.3. The number of aliphatic carboxylic acids is 1. The third-order valence-corrected chi connectivity index (χ3v) is 4.44. The summed E-state index contributed by atoms with van der Waals surface area (Å²) in [7, 11) is 0. The first-order chi connectivity index (χ1) is 9.97. The van der Waals surface area contributed by atoms with Crippen LogP contribution in [0.25, 0.3) is 0 Å². The van der Waals surface area contributed by atoms with Gasteiger partial charge in [0.25, 0.3) is 0 Å². The van der Waals surface area contributed by atoms with E-state index in [4.69, 9.17) is 0 Å². The van der Waals surface area contributed by atoms with Crippen LogP contribution < -0.4 is 5.32 Å². The number of hydrogen-bond acceptors (Lipinski definition) is 2. The van der Waals surface area contributed by atoms with E-state index in [0.717, 1.165) is 18.4 Å². The van der Waals surface area contributed by atoms with Gasteiger partial charge in [-0.2, -0.15) is 0 Å². The summed E-state index contributed by atoms with van der Waals surface area (Å²) in [5.41, 5.74) is 1.37. The molecule has 1 aliphatic carbocycles. The molecule has 1 amide bonds. The normalized spacial score (nSPS) is 17.6. The SMILES string of the molecule is CCc1ccc(C(C)CC(=O)NC2(C(=O)O)CCC2)cc1. The lowest BCUT2D eigenvalue weighted by Crippen LogP contribution is -2.59. The Morgan fingerprint density at radius 3 is 2.33 bits per heavy atom. The van der Waals surface area contributed by atoms with E-state index < -0.39 is 11.5 Å². The maximum absolute atomic E-state index is 12.1. The molecule has 4 nitrogen and oxygen atoms in total. The topological polar surface area (TPSA) is 66.4 Å². The number of aryl methyl sites for hydroxylation is 1. The van der Waals surface area contributed by atoms with Crippen molar-refractivity contribution in [2.75, 3.05) is 0 Å². The number of carbonyl (C=O) groups is 2. The number of hydrogen-bond donors (Lipinski definition) is 2. The smallest absolute Gasteiger partial charge is 0.329 e. The van der Waals surface area contributed by atoms with E-state index in [1.54, 1.807) is 0 Å². The minimum Gasteiger partial charge on any atom is -0.480 e. The molecule has 2 rings (SSSR count). The van der Waals surface area contributed by atoms with Gasteiger partial charge in [0.2, 0.25) is 5.91 Å². The van der Waals surface area contributed by atoms with Gasteiger partial charge in [-0.05, 0) is 42.7 Å². The minimum absolute atomic E-state index is 0.0850. The highest BCUT2D eigenvalue weighted by Gasteiger charge is 2.45. The Bertz CT molecular complexity index is 517. The van der Waals surface area contributed by atoms with Crippen molar-refractivity contribution < 1.29 is 14.7 Å². The average Bonchev–Trinajstić information content (AvgIpc) is 2.42. The highest BCUT2D eigenvalue weighted by atomic mass is 16.4. The maximum Gasteiger partial charge on any atom is 0.329 e. The van der Waals surface area contributed by atoms with Gasteiger partial charge in [0.05, 0.1) is 0 Å². The molecule has 4 heteroatoms. The van der Waals surface area contributed by atoms with Gasteiger partial charge in [-0.1, -0.05) is 38.1 Å². The van der Waals surface area contributed by atoms with Crippen molar-refractivity contribution in [2.24, 2.45) is 0 Å². The second kappa shape index (κ2) is 6.29. The van der Waals surface area contributed by atoms with Gasteiger partial charge in [-0.3, -0.25) is 4.79 Å². The predicted molar refractivity (Wildman–Crippen MR) is 81.2 cm³/mol. The fourth-order valence-corrected chi connectivity index (χ4v) is 2.72. The monoisotopic (exact) mass is 289 g/mol. The predicted octanol–water partition coefficient (Wildman–Crippen LogP) is 2.87. The van der Waals surface area contributed by atoms with E-state index in [1.807, 2.05) is 19.1 Å². The van der Waals surface area contributed by atoms with Gasteiger partial charge in [-0.15, -0.1) is 0 Å². The first kappa shape index (κ1) is 15.5. The molecule has 21 heavy (non-hydrogen) atoms. The van der Waals surface area contributed by atoms with Crippen LogP contribution in [-0.4, -0.2) is 22.5 Å². The Hall–Kier alpha value is -1.84. The van der Waals surface area contributed by atoms with Crippen molar-refractivity contribution in [2.45, 2.75) is 57.4 Å². The molecule has 1 fully saturated rings. The Labute approximate surface area is 125 Å². The number of amides is 1. The first-order valence-corrected chi connectivity index (χ1v) is 7.60. The summed E-state index contributed by atoms with van der Waals surface area (Å²) >= 11 is 0. The van der Waals surface area contributed by atoms with Gasteiger partial charge < -0.3 is 10.4 Å². The number of benzene rings is 1. The molecule has 2 N–H and O–H groups in total. The third-order valence-electron chi connectivity index (χ3n) is 4.44. The number of nitrogens with one attached hydrogen (secondary N) is 1. The Kier molecular flexibility index (Phi) is 4.66. The zero-order chi connectivity index (χ0) is 15.5. The van der Waals surface area contributed by atoms with E-state index in [9.17, 15) is 14.7 Å². The number of rotatable bonds is 6. The molecule has 114 valence electrons. The maximum atomic E-state index is 12.1. The molecule has 0 heterocycles. The van der Waals surface area contributed by atoms with Crippen molar-refractivity contribution >= 4 is 11.9 Å². The molecule has 0 radical (unpaired) electrons. The second-order valence-corrected chi connectivity index (χ2v) is 5.99. The average molecular weight is 289 g/mol. The molecule has 0 saturated heterocycles. The molecular weight excluding hydrogens is 266 g/mol. The van der Waals surface area contributed by atoms with Crippen molar-refractivity contribution in [3.05, 3.63) is 35.4 Å². The molecule has 1 aliphatic rings.